The lowest BCUT2D eigenvalue weighted by atomic mass is 9.33. The maximum absolute atomic E-state index is 14.1. The monoisotopic (exact) mass is 680 g/mol. The Bertz CT molecular complexity index is 1630. The van der Waals surface area contributed by atoms with E-state index in [1.54, 1.807) is 12.1 Å². The SMILES string of the molecule is C=C(C)[C@@H]1CC[C@]2(NC(=O)CN3C[C@@H]4CC[C@@]3(C)C4)CC[C@]3(C)[C@H](CC[C@@H]4[C@@]5(C)CC=C(c6ccc(C(=O)O)cc6)C(C)(C)[C@@H]5CC[C@]43C)[C@@H]12. The number of nitrogens with zero attached hydrogens (tertiary/aromatic N) is 1. The molecular formula is C45H64N2O3. The van der Waals surface area contributed by atoms with Crippen molar-refractivity contribution in [1.82, 2.24) is 10.2 Å². The summed E-state index contributed by atoms with van der Waals surface area (Å²) in [5, 5.41) is 13.3. The van der Waals surface area contributed by atoms with E-state index in [2.05, 4.69) is 71.3 Å². The number of benzene rings is 1. The number of nitrogens with one attached hydrogen (secondary N) is 1. The predicted molar refractivity (Wildman–Crippen MR) is 201 cm³/mol. The fraction of sp³-hybridized carbons (Fsp3) is 0.733. The zero-order valence-electron chi connectivity index (χ0n) is 32.2. The molecule has 50 heavy (non-hydrogen) atoms. The van der Waals surface area contributed by atoms with Gasteiger partial charge < -0.3 is 10.4 Å². The van der Waals surface area contributed by atoms with Crippen molar-refractivity contribution in [3.8, 4) is 0 Å². The van der Waals surface area contributed by atoms with Gasteiger partial charge in [0.05, 0.1) is 12.1 Å². The smallest absolute Gasteiger partial charge is 0.335 e. The molecule has 1 aromatic carbocycles. The number of hydrogen-bond donors (Lipinski definition) is 2. The number of amides is 1. The molecule has 5 heteroatoms. The molecule has 0 radical (unpaired) electrons. The summed E-state index contributed by atoms with van der Waals surface area (Å²) in [6, 6.07) is 7.60. The van der Waals surface area contributed by atoms with Crippen LogP contribution in [0.15, 0.2) is 42.5 Å². The molecule has 0 spiro atoms. The Kier molecular flexibility index (Phi) is 7.84. The summed E-state index contributed by atoms with van der Waals surface area (Å²) in [5.74, 6) is 2.97. The van der Waals surface area contributed by atoms with E-state index in [1.165, 1.54) is 68.1 Å². The van der Waals surface area contributed by atoms with Gasteiger partial charge in [-0.2, -0.15) is 0 Å². The first-order chi connectivity index (χ1) is 23.5. The van der Waals surface area contributed by atoms with Gasteiger partial charge in [0.1, 0.15) is 0 Å². The molecular weight excluding hydrogens is 617 g/mol. The van der Waals surface area contributed by atoms with Gasteiger partial charge in [-0.05, 0) is 171 Å². The Morgan fingerprint density at radius 2 is 1.62 bits per heavy atom. The first-order valence-electron chi connectivity index (χ1n) is 20.2. The number of carboxylic acid groups (broad SMARTS) is 1. The van der Waals surface area contributed by atoms with Crippen LogP contribution in [0.3, 0.4) is 0 Å². The highest BCUT2D eigenvalue weighted by atomic mass is 16.4. The summed E-state index contributed by atoms with van der Waals surface area (Å²) >= 11 is 0. The van der Waals surface area contributed by atoms with E-state index in [1.807, 2.05) is 12.1 Å². The maximum atomic E-state index is 14.1. The van der Waals surface area contributed by atoms with E-state index in [9.17, 15) is 14.7 Å². The Hall–Kier alpha value is -2.40. The van der Waals surface area contributed by atoms with Gasteiger partial charge >= 0.3 is 5.97 Å². The average Bonchev–Trinajstić information content (AvgIpc) is 3.71. The molecule has 2 N–H and O–H groups in total. The van der Waals surface area contributed by atoms with Crippen LogP contribution in [0.1, 0.15) is 141 Å². The van der Waals surface area contributed by atoms with Crippen LogP contribution in [0, 0.1) is 57.2 Å². The third kappa shape index (κ3) is 4.72. The molecule has 0 aromatic heterocycles. The minimum Gasteiger partial charge on any atom is -0.478 e. The first kappa shape index (κ1) is 34.7. The highest BCUT2D eigenvalue weighted by Gasteiger charge is 2.70. The average molecular weight is 681 g/mol. The molecule has 2 bridgehead atoms. The van der Waals surface area contributed by atoms with Crippen LogP contribution in [0.2, 0.25) is 0 Å². The van der Waals surface area contributed by atoms with E-state index in [0.29, 0.717) is 41.7 Å². The van der Waals surface area contributed by atoms with Gasteiger partial charge in [-0.25, -0.2) is 4.79 Å². The second-order valence-electron chi connectivity index (χ2n) is 20.3. The molecule has 5 nitrogen and oxygen atoms in total. The van der Waals surface area contributed by atoms with Gasteiger partial charge in [-0.3, -0.25) is 9.69 Å². The van der Waals surface area contributed by atoms with Gasteiger partial charge in [-0.15, -0.1) is 0 Å². The van der Waals surface area contributed by atoms with Crippen molar-refractivity contribution in [3.63, 3.8) is 0 Å². The molecule has 1 aromatic rings. The lowest BCUT2D eigenvalue weighted by Crippen LogP contribution is -2.68. The number of carbonyl (C=O) groups excluding carboxylic acids is 1. The molecule has 272 valence electrons. The number of likely N-dealkylation sites (tertiary alicyclic amines) is 1. The number of aromatic carboxylic acids is 1. The molecule has 11 atom stereocenters. The fourth-order valence-electron chi connectivity index (χ4n) is 15.3. The van der Waals surface area contributed by atoms with Crippen LogP contribution in [0.5, 0.6) is 0 Å². The van der Waals surface area contributed by atoms with E-state index in [4.69, 9.17) is 0 Å². The third-order valence-corrected chi connectivity index (χ3v) is 17.9. The second kappa shape index (κ2) is 11.3. The van der Waals surface area contributed by atoms with E-state index < -0.39 is 5.97 Å². The minimum absolute atomic E-state index is 0.00519. The standard InChI is InChI=1S/C45H64N2O3/c1-28(2)32-16-22-45(46-37(48)27-47-26-29-15-19-41(47,5)25-29)24-23-43(7)34(38(32)45)13-14-36-42(6)20-17-33(30-9-11-31(12-10-30)39(49)50)40(3,4)35(42)18-21-44(36,43)8/h9-12,17,29,32,34-36,38H,1,13-16,18-27H2,2-8H3,(H,46,48)(H,49,50)/t29-,32+,34-,35+,36-,38-,41+,42+,43-,44-,45+/m1/s1. The maximum Gasteiger partial charge on any atom is 0.335 e. The van der Waals surface area contributed by atoms with Crippen LogP contribution in [0.25, 0.3) is 5.57 Å². The van der Waals surface area contributed by atoms with E-state index >= 15 is 0 Å². The summed E-state index contributed by atoms with van der Waals surface area (Å²) < 4.78 is 0. The fourth-order valence-corrected chi connectivity index (χ4v) is 15.3. The molecule has 1 aliphatic heterocycles. The lowest BCUT2D eigenvalue weighted by Gasteiger charge is -2.72. The number of carbonyl (C=O) groups is 2. The van der Waals surface area contributed by atoms with Crippen molar-refractivity contribution < 1.29 is 14.7 Å². The zero-order chi connectivity index (χ0) is 35.6. The number of hydrogen-bond acceptors (Lipinski definition) is 3. The Morgan fingerprint density at radius 1 is 0.880 bits per heavy atom. The Balaban J connectivity index is 1.08. The Morgan fingerprint density at radius 3 is 2.26 bits per heavy atom. The van der Waals surface area contributed by atoms with Crippen molar-refractivity contribution in [2.75, 3.05) is 13.1 Å². The predicted octanol–water partition coefficient (Wildman–Crippen LogP) is 9.78. The number of allylic oxidation sites excluding steroid dienone is 3. The highest BCUT2D eigenvalue weighted by Crippen LogP contribution is 2.76. The van der Waals surface area contributed by atoms with Crippen LogP contribution in [-0.4, -0.2) is 46.1 Å². The number of piperidine rings is 1. The molecule has 5 saturated carbocycles. The first-order valence-corrected chi connectivity index (χ1v) is 20.2. The van der Waals surface area contributed by atoms with Crippen LogP contribution in [-0.2, 0) is 4.79 Å². The molecule has 6 fully saturated rings. The van der Waals surface area contributed by atoms with Crippen molar-refractivity contribution in [1.29, 1.82) is 0 Å². The summed E-state index contributed by atoms with van der Waals surface area (Å²) in [7, 11) is 0. The van der Waals surface area contributed by atoms with Crippen molar-refractivity contribution in [3.05, 3.63) is 53.6 Å². The topological polar surface area (TPSA) is 69.6 Å². The van der Waals surface area contributed by atoms with E-state index in [-0.39, 0.29) is 38.6 Å². The van der Waals surface area contributed by atoms with Gasteiger partial charge in [0.25, 0.3) is 0 Å². The van der Waals surface area contributed by atoms with Crippen molar-refractivity contribution in [2.24, 2.45) is 57.2 Å². The van der Waals surface area contributed by atoms with Gasteiger partial charge in [0.2, 0.25) is 5.91 Å². The lowest BCUT2D eigenvalue weighted by molar-refractivity contribution is -0.219. The number of fused-ring (bicyclic) bond motifs is 9. The van der Waals surface area contributed by atoms with Gasteiger partial charge in [-0.1, -0.05) is 65.0 Å². The van der Waals surface area contributed by atoms with Gasteiger partial charge in [0, 0.05) is 17.6 Å². The van der Waals surface area contributed by atoms with Crippen molar-refractivity contribution in [2.45, 2.75) is 137 Å². The molecule has 7 aliphatic rings. The molecule has 8 rings (SSSR count). The highest BCUT2D eigenvalue weighted by molar-refractivity contribution is 5.88. The molecule has 1 amide bonds. The number of carboxylic acids is 1. The summed E-state index contributed by atoms with van der Waals surface area (Å²) in [6.45, 7) is 23.8. The summed E-state index contributed by atoms with van der Waals surface area (Å²) in [4.78, 5) is 28.1. The molecule has 6 aliphatic carbocycles. The van der Waals surface area contributed by atoms with Crippen LogP contribution >= 0.6 is 0 Å². The molecule has 1 heterocycles. The summed E-state index contributed by atoms with van der Waals surface area (Å²) in [6.07, 6.45) is 17.0. The molecule has 1 saturated heterocycles. The third-order valence-electron chi connectivity index (χ3n) is 17.9. The van der Waals surface area contributed by atoms with Crippen molar-refractivity contribution >= 4 is 17.4 Å². The summed E-state index contributed by atoms with van der Waals surface area (Å²) in [5.41, 5.74) is 5.05. The second-order valence-corrected chi connectivity index (χ2v) is 20.3. The van der Waals surface area contributed by atoms with Crippen LogP contribution < -0.4 is 5.32 Å². The normalized spacial score (nSPS) is 45.9. The largest absolute Gasteiger partial charge is 0.478 e. The van der Waals surface area contributed by atoms with E-state index in [0.717, 1.165) is 38.1 Å². The van der Waals surface area contributed by atoms with Gasteiger partial charge in [0.15, 0.2) is 0 Å². The quantitative estimate of drug-likeness (QED) is 0.294. The minimum atomic E-state index is -0.866. The zero-order valence-corrected chi connectivity index (χ0v) is 32.2. The Labute approximate surface area is 302 Å². The van der Waals surface area contributed by atoms with Crippen LogP contribution in [0.4, 0.5) is 0 Å². The number of rotatable bonds is 6. The molecule has 0 unspecified atom stereocenters.